The van der Waals surface area contributed by atoms with E-state index in [4.69, 9.17) is 33.7 Å². The summed E-state index contributed by atoms with van der Waals surface area (Å²) >= 11 is 12.0. The maximum Gasteiger partial charge on any atom is 0.165 e. The van der Waals surface area contributed by atoms with Crippen LogP contribution in [0.3, 0.4) is 0 Å². The first-order valence-corrected chi connectivity index (χ1v) is 6.91. The molecule has 2 N–H and O–H groups in total. The summed E-state index contributed by atoms with van der Waals surface area (Å²) in [6, 6.07) is 10.6. The molecule has 3 rings (SSSR count). The molecule has 0 spiro atoms. The fraction of sp³-hybridized carbons (Fsp3) is 0.0667. The number of fused-ring (bicyclic) bond motifs is 1. The number of methoxy groups -OCH3 is 1. The molecule has 0 aliphatic rings. The van der Waals surface area contributed by atoms with E-state index in [9.17, 15) is 0 Å². The Hall–Kier alpha value is -2.04. The lowest BCUT2D eigenvalue weighted by atomic mass is 10.1. The molecule has 21 heavy (non-hydrogen) atoms. The van der Waals surface area contributed by atoms with Gasteiger partial charge in [-0.25, -0.2) is 9.97 Å². The fourth-order valence-electron chi connectivity index (χ4n) is 2.10. The molecule has 0 aliphatic heterocycles. The number of ether oxygens (including phenoxy) is 1. The van der Waals surface area contributed by atoms with Crippen LogP contribution in [0, 0.1) is 0 Å². The first-order valence-electron chi connectivity index (χ1n) is 6.15. The van der Waals surface area contributed by atoms with Gasteiger partial charge < -0.3 is 10.5 Å². The van der Waals surface area contributed by atoms with Gasteiger partial charge in [-0.15, -0.1) is 0 Å². The number of benzene rings is 2. The Balaban J connectivity index is 2.25. The van der Waals surface area contributed by atoms with E-state index in [1.807, 2.05) is 0 Å². The van der Waals surface area contributed by atoms with Crippen molar-refractivity contribution in [2.75, 3.05) is 12.8 Å². The summed E-state index contributed by atoms with van der Waals surface area (Å²) in [4.78, 5) is 8.85. The Labute approximate surface area is 131 Å². The Morgan fingerprint density at radius 3 is 2.48 bits per heavy atom. The van der Waals surface area contributed by atoms with Gasteiger partial charge in [0, 0.05) is 15.4 Å². The number of hydrogen-bond acceptors (Lipinski definition) is 4. The zero-order valence-corrected chi connectivity index (χ0v) is 12.6. The third-order valence-corrected chi connectivity index (χ3v) is 3.56. The normalized spacial score (nSPS) is 10.8. The van der Waals surface area contributed by atoms with Gasteiger partial charge in [-0.1, -0.05) is 23.2 Å². The molecule has 0 unspecified atom stereocenters. The van der Waals surface area contributed by atoms with Gasteiger partial charge in [0.2, 0.25) is 0 Å². The minimum atomic E-state index is 0.392. The highest BCUT2D eigenvalue weighted by molar-refractivity contribution is 6.31. The van der Waals surface area contributed by atoms with Gasteiger partial charge in [0.15, 0.2) is 5.82 Å². The predicted octanol–water partition coefficient (Wildman–Crippen LogP) is 4.19. The first kappa shape index (κ1) is 13.9. The second-order valence-corrected chi connectivity index (χ2v) is 5.31. The summed E-state index contributed by atoms with van der Waals surface area (Å²) in [6.45, 7) is 0. The first-order chi connectivity index (χ1) is 10.1. The maximum absolute atomic E-state index is 6.01. The van der Waals surface area contributed by atoms with Crippen molar-refractivity contribution in [3.8, 4) is 17.1 Å². The van der Waals surface area contributed by atoms with Crippen LogP contribution < -0.4 is 10.5 Å². The Kier molecular flexibility index (Phi) is 3.57. The number of anilines is 1. The van der Waals surface area contributed by atoms with Crippen LogP contribution in [0.5, 0.6) is 5.75 Å². The smallest absolute Gasteiger partial charge is 0.165 e. The third-order valence-electron chi connectivity index (χ3n) is 3.09. The Bertz CT molecular complexity index is 837. The minimum absolute atomic E-state index is 0.392. The third kappa shape index (κ3) is 2.60. The van der Waals surface area contributed by atoms with Gasteiger partial charge in [0.25, 0.3) is 0 Å². The van der Waals surface area contributed by atoms with Gasteiger partial charge >= 0.3 is 0 Å². The number of nitrogens with two attached hydrogens (primary N) is 1. The van der Waals surface area contributed by atoms with Gasteiger partial charge in [0.1, 0.15) is 11.6 Å². The molecule has 0 amide bonds. The van der Waals surface area contributed by atoms with Crippen molar-refractivity contribution in [3.63, 3.8) is 0 Å². The van der Waals surface area contributed by atoms with Crippen molar-refractivity contribution in [3.05, 3.63) is 46.4 Å². The van der Waals surface area contributed by atoms with Crippen LogP contribution in [0.15, 0.2) is 36.4 Å². The van der Waals surface area contributed by atoms with Crippen molar-refractivity contribution in [2.45, 2.75) is 0 Å². The summed E-state index contributed by atoms with van der Waals surface area (Å²) in [5, 5.41) is 1.93. The molecule has 2 aromatic carbocycles. The number of nitrogens with zero attached hydrogens (tertiary/aromatic N) is 2. The van der Waals surface area contributed by atoms with Crippen LogP contribution in [0.4, 0.5) is 5.82 Å². The molecular formula is C15H11Cl2N3O. The van der Waals surface area contributed by atoms with Gasteiger partial charge in [-0.05, 0) is 36.4 Å². The van der Waals surface area contributed by atoms with E-state index in [1.165, 1.54) is 0 Å². The highest BCUT2D eigenvalue weighted by atomic mass is 35.5. The summed E-state index contributed by atoms with van der Waals surface area (Å²) in [5.74, 6) is 1.45. The number of aromatic nitrogens is 2. The Morgan fingerprint density at radius 1 is 1.00 bits per heavy atom. The SMILES string of the molecule is COc1cc(Cl)ccc1-c1nc(N)c2ccc(Cl)cc2n1. The molecular weight excluding hydrogens is 309 g/mol. The van der Waals surface area contributed by atoms with Crippen LogP contribution in [0.2, 0.25) is 10.0 Å². The summed E-state index contributed by atoms with van der Waals surface area (Å²) in [5.41, 5.74) is 7.41. The molecule has 106 valence electrons. The second kappa shape index (κ2) is 5.39. The molecule has 0 bridgehead atoms. The lowest BCUT2D eigenvalue weighted by Gasteiger charge is -2.10. The van der Waals surface area contributed by atoms with E-state index >= 15 is 0 Å². The topological polar surface area (TPSA) is 61.0 Å². The molecule has 1 heterocycles. The van der Waals surface area contributed by atoms with E-state index in [0.29, 0.717) is 33.0 Å². The number of hydrogen-bond donors (Lipinski definition) is 1. The van der Waals surface area contributed by atoms with Crippen molar-refractivity contribution >= 4 is 39.9 Å². The maximum atomic E-state index is 6.01. The molecule has 0 atom stereocenters. The van der Waals surface area contributed by atoms with E-state index in [1.54, 1.807) is 43.5 Å². The second-order valence-electron chi connectivity index (χ2n) is 4.44. The molecule has 3 aromatic rings. The quantitative estimate of drug-likeness (QED) is 0.769. The van der Waals surface area contributed by atoms with Crippen molar-refractivity contribution in [1.29, 1.82) is 0 Å². The molecule has 0 aliphatic carbocycles. The lowest BCUT2D eigenvalue weighted by Crippen LogP contribution is -1.99. The summed E-state index contributed by atoms with van der Waals surface area (Å²) in [6.07, 6.45) is 0. The largest absolute Gasteiger partial charge is 0.496 e. The van der Waals surface area contributed by atoms with Crippen molar-refractivity contribution in [1.82, 2.24) is 9.97 Å². The number of rotatable bonds is 2. The van der Waals surface area contributed by atoms with Crippen LogP contribution in [0.1, 0.15) is 0 Å². The van der Waals surface area contributed by atoms with Gasteiger partial charge in [-0.3, -0.25) is 0 Å². The highest BCUT2D eigenvalue weighted by Gasteiger charge is 2.12. The molecule has 0 fully saturated rings. The van der Waals surface area contributed by atoms with E-state index < -0.39 is 0 Å². The van der Waals surface area contributed by atoms with Crippen LogP contribution in [-0.2, 0) is 0 Å². The summed E-state index contributed by atoms with van der Waals surface area (Å²) < 4.78 is 5.32. The van der Waals surface area contributed by atoms with Gasteiger partial charge in [-0.2, -0.15) is 0 Å². The molecule has 0 saturated carbocycles. The zero-order valence-electron chi connectivity index (χ0n) is 11.1. The highest BCUT2D eigenvalue weighted by Crippen LogP contribution is 2.32. The number of nitrogen functional groups attached to an aromatic ring is 1. The molecule has 6 heteroatoms. The van der Waals surface area contributed by atoms with Crippen LogP contribution in [-0.4, -0.2) is 17.1 Å². The van der Waals surface area contributed by atoms with Crippen LogP contribution >= 0.6 is 23.2 Å². The monoisotopic (exact) mass is 319 g/mol. The van der Waals surface area contributed by atoms with E-state index in [0.717, 1.165) is 10.9 Å². The summed E-state index contributed by atoms with van der Waals surface area (Å²) in [7, 11) is 1.57. The van der Waals surface area contributed by atoms with Crippen molar-refractivity contribution in [2.24, 2.45) is 0 Å². The Morgan fingerprint density at radius 2 is 1.71 bits per heavy atom. The van der Waals surface area contributed by atoms with E-state index in [2.05, 4.69) is 9.97 Å². The lowest BCUT2D eigenvalue weighted by molar-refractivity contribution is 0.416. The van der Waals surface area contributed by atoms with Gasteiger partial charge in [0.05, 0.1) is 18.2 Å². The van der Waals surface area contributed by atoms with E-state index in [-0.39, 0.29) is 0 Å². The standard InChI is InChI=1S/C15H11Cl2N3O/c1-21-13-7-9(17)3-5-11(13)15-19-12-6-8(16)2-4-10(12)14(18)20-15/h2-7H,1H3,(H2,18,19,20). The molecule has 1 aromatic heterocycles. The number of halogens is 2. The van der Waals surface area contributed by atoms with Crippen LogP contribution in [0.25, 0.3) is 22.3 Å². The zero-order chi connectivity index (χ0) is 15.0. The van der Waals surface area contributed by atoms with Crippen molar-refractivity contribution < 1.29 is 4.74 Å². The predicted molar refractivity (Wildman–Crippen MR) is 86.0 cm³/mol. The molecule has 0 saturated heterocycles. The fourth-order valence-corrected chi connectivity index (χ4v) is 2.43. The average molecular weight is 320 g/mol. The minimum Gasteiger partial charge on any atom is -0.496 e. The average Bonchev–Trinajstić information content (AvgIpc) is 2.46. The molecule has 0 radical (unpaired) electrons. The molecule has 4 nitrogen and oxygen atoms in total.